The highest BCUT2D eigenvalue weighted by atomic mass is 16.5. The minimum atomic E-state index is -1.25. The molecule has 1 aliphatic rings. The summed E-state index contributed by atoms with van der Waals surface area (Å²) in [5.41, 5.74) is 2.10. The number of methoxy groups -OCH3 is 1. The van der Waals surface area contributed by atoms with Crippen LogP contribution in [0.2, 0.25) is 0 Å². The van der Waals surface area contributed by atoms with E-state index in [2.05, 4.69) is 26.6 Å². The molecule has 3 atom stereocenters. The Balaban J connectivity index is 1.55. The number of carbonyl (C=O) groups excluding carboxylic acids is 5. The topological polar surface area (TPSA) is 164 Å². The quantitative estimate of drug-likeness (QED) is 0.203. The normalized spacial score (nSPS) is 19.2. The molecule has 0 bridgehead atoms. The summed E-state index contributed by atoms with van der Waals surface area (Å²) in [6.45, 7) is 4.59. The van der Waals surface area contributed by atoms with Gasteiger partial charge in [0.2, 0.25) is 23.6 Å². The molecule has 0 radical (unpaired) electrons. The summed E-state index contributed by atoms with van der Waals surface area (Å²) in [6.07, 6.45) is 1.82. The fraction of sp³-hybridized carbons (Fsp3) is 0.410. The fourth-order valence-corrected chi connectivity index (χ4v) is 5.74. The van der Waals surface area contributed by atoms with E-state index in [0.29, 0.717) is 31.6 Å². The van der Waals surface area contributed by atoms with E-state index in [4.69, 9.17) is 9.47 Å². The van der Waals surface area contributed by atoms with Crippen LogP contribution in [0.1, 0.15) is 61.0 Å². The van der Waals surface area contributed by atoms with Crippen LogP contribution in [0.5, 0.6) is 11.5 Å². The molecule has 272 valence electrons. The average molecular weight is 700 g/mol. The lowest BCUT2D eigenvalue weighted by molar-refractivity contribution is -0.133. The molecule has 51 heavy (non-hydrogen) atoms. The average Bonchev–Trinajstić information content (AvgIpc) is 3.12. The van der Waals surface area contributed by atoms with Crippen molar-refractivity contribution in [1.82, 2.24) is 26.6 Å². The molecule has 5 amide bonds. The van der Waals surface area contributed by atoms with Crippen molar-refractivity contribution in [2.45, 2.75) is 70.5 Å². The van der Waals surface area contributed by atoms with Gasteiger partial charge in [-0.3, -0.25) is 24.0 Å². The van der Waals surface area contributed by atoms with E-state index in [9.17, 15) is 24.0 Å². The molecule has 12 nitrogen and oxygen atoms in total. The van der Waals surface area contributed by atoms with Crippen LogP contribution in [0.4, 0.5) is 0 Å². The first-order valence-electron chi connectivity index (χ1n) is 17.5. The highest BCUT2D eigenvalue weighted by molar-refractivity contribution is 6.01. The Morgan fingerprint density at radius 1 is 0.882 bits per heavy atom. The van der Waals surface area contributed by atoms with Crippen LogP contribution >= 0.6 is 0 Å². The summed E-state index contributed by atoms with van der Waals surface area (Å²) in [5, 5.41) is 14.1. The molecule has 3 aromatic carbocycles. The Labute approximate surface area is 299 Å². The molecular weight excluding hydrogens is 650 g/mol. The molecule has 0 spiro atoms. The number of amides is 5. The molecule has 1 heterocycles. The Hall–Kier alpha value is -5.39. The van der Waals surface area contributed by atoms with Gasteiger partial charge >= 0.3 is 0 Å². The summed E-state index contributed by atoms with van der Waals surface area (Å²) < 4.78 is 11.2. The maximum Gasteiger partial charge on any atom is 0.255 e. The van der Waals surface area contributed by atoms with Crippen LogP contribution in [0.25, 0.3) is 0 Å². The first-order chi connectivity index (χ1) is 24.6. The molecule has 0 saturated heterocycles. The lowest BCUT2D eigenvalue weighted by Gasteiger charge is -2.25. The van der Waals surface area contributed by atoms with Gasteiger partial charge in [0.15, 0.2) is 0 Å². The second-order valence-corrected chi connectivity index (χ2v) is 13.0. The molecule has 0 aliphatic carbocycles. The lowest BCUT2D eigenvalue weighted by atomic mass is 10.0. The smallest absolute Gasteiger partial charge is 0.255 e. The third-order valence-corrected chi connectivity index (χ3v) is 8.37. The summed E-state index contributed by atoms with van der Waals surface area (Å²) in [4.78, 5) is 67.7. The third-order valence-electron chi connectivity index (χ3n) is 8.37. The largest absolute Gasteiger partial charge is 0.497 e. The highest BCUT2D eigenvalue weighted by Gasteiger charge is 2.31. The van der Waals surface area contributed by atoms with Crippen molar-refractivity contribution in [2.75, 3.05) is 26.8 Å². The summed E-state index contributed by atoms with van der Waals surface area (Å²) in [5.74, 6) is -1.57. The van der Waals surface area contributed by atoms with Crippen molar-refractivity contribution >= 4 is 29.5 Å². The molecule has 0 aromatic heterocycles. The summed E-state index contributed by atoms with van der Waals surface area (Å²) >= 11 is 0. The first-order valence-corrected chi connectivity index (χ1v) is 17.5. The van der Waals surface area contributed by atoms with Gasteiger partial charge in [0.1, 0.15) is 29.6 Å². The standard InChI is InChI=1S/C39H49N5O7/c1-26(2)22-31-39(49)44-32(24-28-12-5-4-6-13-28)37(47)41-20-11-21-51-34-18-8-7-17-30(34)36(46)43-33(25-35(45)42-31)38(48)40-19-10-15-27-14-9-16-29(23-27)50-3/h4-9,12-14,16-18,23,26,31-33H,10-11,15,19-22,24-25H2,1-3H3,(H,40,48)(H,41,47)(H,42,45)(H,43,46)(H,44,49)/t31-,32-,33-/m0/s1. The van der Waals surface area contributed by atoms with E-state index < -0.39 is 48.2 Å². The number of fused-ring (bicyclic) bond motifs is 1. The predicted octanol–water partition coefficient (Wildman–Crippen LogP) is 3.09. The van der Waals surface area contributed by atoms with Crippen LogP contribution in [0, 0.1) is 5.92 Å². The van der Waals surface area contributed by atoms with Crippen LogP contribution in [0.3, 0.4) is 0 Å². The third kappa shape index (κ3) is 12.5. The minimum absolute atomic E-state index is 0.0141. The molecule has 4 rings (SSSR count). The molecule has 1 aliphatic heterocycles. The van der Waals surface area contributed by atoms with Gasteiger partial charge in [-0.25, -0.2) is 0 Å². The van der Waals surface area contributed by atoms with Crippen molar-refractivity contribution < 1.29 is 33.4 Å². The van der Waals surface area contributed by atoms with Gasteiger partial charge in [-0.15, -0.1) is 0 Å². The highest BCUT2D eigenvalue weighted by Crippen LogP contribution is 2.19. The first kappa shape index (κ1) is 38.4. The maximum absolute atomic E-state index is 13.7. The number of nitrogens with one attached hydrogen (secondary N) is 5. The van der Waals surface area contributed by atoms with Crippen molar-refractivity contribution in [2.24, 2.45) is 5.92 Å². The Morgan fingerprint density at radius 2 is 1.63 bits per heavy atom. The number of para-hydroxylation sites is 1. The zero-order valence-electron chi connectivity index (χ0n) is 29.5. The number of carbonyl (C=O) groups is 5. The van der Waals surface area contributed by atoms with Gasteiger partial charge in [-0.1, -0.05) is 68.4 Å². The van der Waals surface area contributed by atoms with E-state index >= 15 is 0 Å². The number of hydrogen-bond acceptors (Lipinski definition) is 7. The zero-order chi connectivity index (χ0) is 36.6. The van der Waals surface area contributed by atoms with E-state index in [-0.39, 0.29) is 43.4 Å². The summed E-state index contributed by atoms with van der Waals surface area (Å²) in [6, 6.07) is 20.5. The molecule has 5 N–H and O–H groups in total. The van der Waals surface area contributed by atoms with Crippen LogP contribution in [-0.4, -0.2) is 74.5 Å². The number of ether oxygens (including phenoxy) is 2. The maximum atomic E-state index is 13.7. The minimum Gasteiger partial charge on any atom is -0.497 e. The van der Waals surface area contributed by atoms with Gasteiger partial charge in [-0.05, 0) is 67.0 Å². The SMILES string of the molecule is COc1cccc(CCCNC(=O)[C@@H]2CC(=O)N[C@@H](CC(C)C)C(=O)N[C@@H](Cc3ccccc3)C(=O)NCCCOc3ccccc3C(=O)N2)c1. The van der Waals surface area contributed by atoms with Gasteiger partial charge in [0.05, 0.1) is 25.7 Å². The molecular formula is C39H49N5O7. The molecule has 3 aromatic rings. The van der Waals surface area contributed by atoms with Crippen molar-refractivity contribution in [3.05, 3.63) is 95.6 Å². The van der Waals surface area contributed by atoms with Crippen molar-refractivity contribution in [1.29, 1.82) is 0 Å². The van der Waals surface area contributed by atoms with Crippen LogP contribution in [0.15, 0.2) is 78.9 Å². The van der Waals surface area contributed by atoms with Gasteiger partial charge in [0, 0.05) is 19.5 Å². The number of aryl methyl sites for hydroxylation is 1. The summed E-state index contributed by atoms with van der Waals surface area (Å²) in [7, 11) is 1.60. The van der Waals surface area contributed by atoms with Crippen LogP contribution < -0.4 is 36.1 Å². The molecule has 0 unspecified atom stereocenters. The second kappa shape index (κ2) is 19.7. The lowest BCUT2D eigenvalue weighted by Crippen LogP contribution is -2.56. The fourth-order valence-electron chi connectivity index (χ4n) is 5.74. The number of rotatable bonds is 10. The number of hydrogen-bond donors (Lipinski definition) is 5. The van der Waals surface area contributed by atoms with Gasteiger partial charge < -0.3 is 36.1 Å². The Kier molecular flexibility index (Phi) is 14.8. The molecule has 0 fully saturated rings. The van der Waals surface area contributed by atoms with Crippen molar-refractivity contribution in [3.63, 3.8) is 0 Å². The monoisotopic (exact) mass is 699 g/mol. The Morgan fingerprint density at radius 3 is 2.39 bits per heavy atom. The van der Waals surface area contributed by atoms with E-state index in [1.807, 2.05) is 68.4 Å². The Bertz CT molecular complexity index is 1630. The molecule has 0 saturated carbocycles. The van der Waals surface area contributed by atoms with E-state index in [1.54, 1.807) is 31.4 Å². The van der Waals surface area contributed by atoms with Gasteiger partial charge in [0.25, 0.3) is 5.91 Å². The predicted molar refractivity (Wildman–Crippen MR) is 193 cm³/mol. The number of benzene rings is 3. The second-order valence-electron chi connectivity index (χ2n) is 13.0. The zero-order valence-corrected chi connectivity index (χ0v) is 29.5. The van der Waals surface area contributed by atoms with Crippen LogP contribution in [-0.2, 0) is 32.0 Å². The van der Waals surface area contributed by atoms with Gasteiger partial charge in [-0.2, -0.15) is 0 Å². The molecule has 12 heteroatoms. The van der Waals surface area contributed by atoms with Crippen molar-refractivity contribution in [3.8, 4) is 11.5 Å². The van der Waals surface area contributed by atoms with E-state index in [1.165, 1.54) is 0 Å². The van der Waals surface area contributed by atoms with E-state index in [0.717, 1.165) is 16.9 Å².